The van der Waals surface area contributed by atoms with Gasteiger partial charge in [-0.3, -0.25) is 13.9 Å². The molecule has 1 N–H and O–H groups in total. The second-order valence-corrected chi connectivity index (χ2v) is 9.34. The van der Waals surface area contributed by atoms with Gasteiger partial charge in [0.25, 0.3) is 0 Å². The van der Waals surface area contributed by atoms with Crippen LogP contribution in [-0.4, -0.2) is 50.5 Å². The minimum Gasteiger partial charge on any atom is -0.355 e. The van der Waals surface area contributed by atoms with Crippen LogP contribution in [0, 0.1) is 6.92 Å². The molecule has 2 amide bonds. The van der Waals surface area contributed by atoms with Gasteiger partial charge in [-0.25, -0.2) is 8.42 Å². The van der Waals surface area contributed by atoms with Crippen LogP contribution in [0.25, 0.3) is 0 Å². The molecular formula is C23H31N3O4S. The first kappa shape index (κ1) is 24.4. The second-order valence-electron chi connectivity index (χ2n) is 7.43. The minimum absolute atomic E-state index is 0.211. The Morgan fingerprint density at radius 2 is 1.71 bits per heavy atom. The van der Waals surface area contributed by atoms with Gasteiger partial charge >= 0.3 is 0 Å². The molecule has 0 aliphatic rings. The van der Waals surface area contributed by atoms with E-state index in [2.05, 4.69) is 5.32 Å². The van der Waals surface area contributed by atoms with Crippen molar-refractivity contribution in [3.63, 3.8) is 0 Å². The monoisotopic (exact) mass is 445 g/mol. The van der Waals surface area contributed by atoms with Gasteiger partial charge in [0, 0.05) is 13.1 Å². The van der Waals surface area contributed by atoms with Crippen LogP contribution in [0.2, 0.25) is 0 Å². The number of benzene rings is 2. The van der Waals surface area contributed by atoms with Crippen molar-refractivity contribution >= 4 is 27.5 Å². The van der Waals surface area contributed by atoms with Crippen LogP contribution in [-0.2, 0) is 26.2 Å². The normalized spacial score (nSPS) is 12.1. The van der Waals surface area contributed by atoms with Gasteiger partial charge in [-0.15, -0.1) is 0 Å². The molecule has 2 aromatic carbocycles. The number of sulfonamides is 1. The fourth-order valence-corrected chi connectivity index (χ4v) is 4.28. The summed E-state index contributed by atoms with van der Waals surface area (Å²) in [5.41, 5.74) is 2.32. The zero-order valence-electron chi connectivity index (χ0n) is 18.5. The zero-order chi connectivity index (χ0) is 23.0. The van der Waals surface area contributed by atoms with E-state index in [1.54, 1.807) is 30.3 Å². The number of likely N-dealkylation sites (N-methyl/N-ethyl adjacent to an activating group) is 1. The van der Waals surface area contributed by atoms with Crippen molar-refractivity contribution in [3.8, 4) is 0 Å². The number of amides is 2. The standard InChI is InChI=1S/C23H31N3O4S/c1-5-21(23(28)24-6-2)25(16-19-12-10-11-18(3)15-19)22(27)17-26(31(4,29)30)20-13-8-7-9-14-20/h7-15,21H,5-6,16-17H2,1-4H3,(H,24,28)/t21-/m1/s1. The predicted molar refractivity (Wildman–Crippen MR) is 123 cm³/mol. The fourth-order valence-electron chi connectivity index (χ4n) is 3.43. The molecular weight excluding hydrogens is 414 g/mol. The molecule has 0 spiro atoms. The van der Waals surface area contributed by atoms with E-state index < -0.39 is 22.0 Å². The first-order valence-corrected chi connectivity index (χ1v) is 12.2. The average Bonchev–Trinajstić information content (AvgIpc) is 2.71. The van der Waals surface area contributed by atoms with Gasteiger partial charge in [0.15, 0.2) is 0 Å². The van der Waals surface area contributed by atoms with Crippen molar-refractivity contribution < 1.29 is 18.0 Å². The third kappa shape index (κ3) is 6.82. The van der Waals surface area contributed by atoms with Crippen molar-refractivity contribution in [2.75, 3.05) is 23.7 Å². The van der Waals surface area contributed by atoms with E-state index in [9.17, 15) is 18.0 Å². The van der Waals surface area contributed by atoms with Crippen LogP contribution in [0.4, 0.5) is 5.69 Å². The summed E-state index contributed by atoms with van der Waals surface area (Å²) in [5.74, 6) is -0.689. The molecule has 8 heteroatoms. The highest BCUT2D eigenvalue weighted by molar-refractivity contribution is 7.92. The molecule has 0 saturated carbocycles. The van der Waals surface area contributed by atoms with Crippen LogP contribution in [0.1, 0.15) is 31.4 Å². The smallest absolute Gasteiger partial charge is 0.244 e. The molecule has 31 heavy (non-hydrogen) atoms. The van der Waals surface area contributed by atoms with Crippen LogP contribution in [0.15, 0.2) is 54.6 Å². The number of carbonyl (C=O) groups is 2. The van der Waals surface area contributed by atoms with E-state index in [0.717, 1.165) is 21.7 Å². The summed E-state index contributed by atoms with van der Waals surface area (Å²) in [5, 5.41) is 2.78. The molecule has 1 atom stereocenters. The molecule has 7 nitrogen and oxygen atoms in total. The SMILES string of the molecule is CCNC(=O)[C@@H](CC)N(Cc1cccc(C)c1)C(=O)CN(c1ccccc1)S(C)(=O)=O. The Morgan fingerprint density at radius 1 is 1.03 bits per heavy atom. The number of nitrogens with zero attached hydrogens (tertiary/aromatic N) is 2. The summed E-state index contributed by atoms with van der Waals surface area (Å²) in [7, 11) is -3.70. The highest BCUT2D eigenvalue weighted by atomic mass is 32.2. The maximum atomic E-state index is 13.4. The largest absolute Gasteiger partial charge is 0.355 e. The maximum Gasteiger partial charge on any atom is 0.244 e. The van der Waals surface area contributed by atoms with E-state index in [0.29, 0.717) is 18.7 Å². The summed E-state index contributed by atoms with van der Waals surface area (Å²) >= 11 is 0. The third-order valence-corrected chi connectivity index (χ3v) is 6.04. The van der Waals surface area contributed by atoms with E-state index in [4.69, 9.17) is 0 Å². The molecule has 0 bridgehead atoms. The number of nitrogens with one attached hydrogen (secondary N) is 1. The Balaban J connectivity index is 2.40. The Bertz CT molecular complexity index is 993. The molecule has 168 valence electrons. The van der Waals surface area contributed by atoms with Gasteiger partial charge in [-0.1, -0.05) is 55.0 Å². The molecule has 0 unspecified atom stereocenters. The summed E-state index contributed by atoms with van der Waals surface area (Å²) in [6, 6.07) is 15.5. The summed E-state index contributed by atoms with van der Waals surface area (Å²) < 4.78 is 26.0. The minimum atomic E-state index is -3.70. The molecule has 2 aromatic rings. The summed E-state index contributed by atoms with van der Waals surface area (Å²) in [6.07, 6.45) is 1.48. The van der Waals surface area contributed by atoms with Gasteiger partial charge in [0.1, 0.15) is 12.6 Å². The van der Waals surface area contributed by atoms with E-state index in [1.165, 1.54) is 4.90 Å². The predicted octanol–water partition coefficient (Wildman–Crippen LogP) is 2.70. The molecule has 0 heterocycles. The second kappa shape index (κ2) is 10.9. The van der Waals surface area contributed by atoms with E-state index in [-0.39, 0.29) is 19.0 Å². The molecule has 0 radical (unpaired) electrons. The number of rotatable bonds is 10. The van der Waals surface area contributed by atoms with Gasteiger partial charge in [0.05, 0.1) is 11.9 Å². The Kier molecular flexibility index (Phi) is 8.62. The van der Waals surface area contributed by atoms with Crippen LogP contribution < -0.4 is 9.62 Å². The lowest BCUT2D eigenvalue weighted by atomic mass is 10.1. The van der Waals surface area contributed by atoms with Gasteiger partial charge in [0.2, 0.25) is 21.8 Å². The molecule has 0 aliphatic heterocycles. The molecule has 0 aliphatic carbocycles. The van der Waals surface area contributed by atoms with E-state index >= 15 is 0 Å². The van der Waals surface area contributed by atoms with Crippen molar-refractivity contribution in [1.82, 2.24) is 10.2 Å². The number of carbonyl (C=O) groups excluding carboxylic acids is 2. The fraction of sp³-hybridized carbons (Fsp3) is 0.391. The van der Waals surface area contributed by atoms with Crippen LogP contribution >= 0.6 is 0 Å². The zero-order valence-corrected chi connectivity index (χ0v) is 19.4. The number of hydrogen-bond donors (Lipinski definition) is 1. The highest BCUT2D eigenvalue weighted by Crippen LogP contribution is 2.19. The molecule has 0 saturated heterocycles. The van der Waals surface area contributed by atoms with Gasteiger partial charge in [-0.2, -0.15) is 0 Å². The number of para-hydroxylation sites is 1. The highest BCUT2D eigenvalue weighted by Gasteiger charge is 2.31. The lowest BCUT2D eigenvalue weighted by Gasteiger charge is -2.32. The summed E-state index contributed by atoms with van der Waals surface area (Å²) in [4.78, 5) is 27.6. The van der Waals surface area contributed by atoms with Crippen LogP contribution in [0.3, 0.4) is 0 Å². The van der Waals surface area contributed by atoms with Crippen molar-refractivity contribution in [2.24, 2.45) is 0 Å². The first-order chi connectivity index (χ1) is 14.7. The lowest BCUT2D eigenvalue weighted by Crippen LogP contribution is -2.52. The van der Waals surface area contributed by atoms with Crippen molar-refractivity contribution in [3.05, 3.63) is 65.7 Å². The van der Waals surface area contributed by atoms with Crippen LogP contribution in [0.5, 0.6) is 0 Å². The number of hydrogen-bond acceptors (Lipinski definition) is 4. The molecule has 0 fully saturated rings. The Labute approximate surface area is 185 Å². The summed E-state index contributed by atoms with van der Waals surface area (Å²) in [6.45, 7) is 5.88. The van der Waals surface area contributed by atoms with Crippen molar-refractivity contribution in [1.29, 1.82) is 0 Å². The molecule has 2 rings (SSSR count). The number of aryl methyl sites for hydroxylation is 1. The van der Waals surface area contributed by atoms with Gasteiger partial charge in [-0.05, 0) is 38.0 Å². The topological polar surface area (TPSA) is 86.8 Å². The number of anilines is 1. The first-order valence-electron chi connectivity index (χ1n) is 10.3. The Hall–Kier alpha value is -2.87. The Morgan fingerprint density at radius 3 is 2.26 bits per heavy atom. The quantitative estimate of drug-likeness (QED) is 0.609. The maximum absolute atomic E-state index is 13.4. The van der Waals surface area contributed by atoms with Crippen molar-refractivity contribution in [2.45, 2.75) is 39.8 Å². The molecule has 0 aromatic heterocycles. The average molecular weight is 446 g/mol. The third-order valence-electron chi connectivity index (χ3n) is 4.90. The lowest BCUT2D eigenvalue weighted by molar-refractivity contribution is -0.140. The van der Waals surface area contributed by atoms with Gasteiger partial charge < -0.3 is 10.2 Å². The van der Waals surface area contributed by atoms with E-state index in [1.807, 2.05) is 45.0 Å².